The van der Waals surface area contributed by atoms with E-state index in [0.29, 0.717) is 15.9 Å². The van der Waals surface area contributed by atoms with E-state index in [2.05, 4.69) is 22.5 Å². The zero-order valence-corrected chi connectivity index (χ0v) is 9.51. The summed E-state index contributed by atoms with van der Waals surface area (Å²) in [4.78, 5) is 10.0. The third kappa shape index (κ3) is 2.33. The Morgan fingerprint density at radius 2 is 2.29 bits per heavy atom. The molecule has 0 saturated heterocycles. The Hall–Kier alpha value is -0.870. The molecular formula is C9H7BrClNO2. The first-order chi connectivity index (χ1) is 6.56. The van der Waals surface area contributed by atoms with Crippen molar-refractivity contribution >= 4 is 38.8 Å². The maximum Gasteiger partial charge on any atom is 0.270 e. The lowest BCUT2D eigenvalue weighted by Gasteiger charge is -2.04. The molecule has 1 aromatic carbocycles. The number of nitro benzene ring substituents is 1. The Labute approximate surface area is 94.7 Å². The number of rotatable bonds is 3. The Morgan fingerprint density at radius 1 is 1.64 bits per heavy atom. The van der Waals surface area contributed by atoms with E-state index in [4.69, 9.17) is 11.6 Å². The van der Waals surface area contributed by atoms with E-state index in [9.17, 15) is 10.1 Å². The van der Waals surface area contributed by atoms with Gasteiger partial charge in [-0.1, -0.05) is 34.1 Å². The number of halogens is 2. The number of hydrogen-bond acceptors (Lipinski definition) is 2. The van der Waals surface area contributed by atoms with Gasteiger partial charge in [-0.15, -0.1) is 0 Å². The Balaban J connectivity index is 3.21. The van der Waals surface area contributed by atoms with Gasteiger partial charge >= 0.3 is 0 Å². The van der Waals surface area contributed by atoms with Gasteiger partial charge < -0.3 is 0 Å². The maximum atomic E-state index is 10.5. The molecule has 74 valence electrons. The molecule has 3 nitrogen and oxygen atoms in total. The first kappa shape index (κ1) is 11.2. The van der Waals surface area contributed by atoms with Crippen LogP contribution in [-0.4, -0.2) is 10.3 Å². The van der Waals surface area contributed by atoms with Crippen LogP contribution >= 0.6 is 27.5 Å². The molecule has 1 rings (SSSR count). The molecule has 0 unspecified atom stereocenters. The lowest BCUT2D eigenvalue weighted by atomic mass is 10.1. The highest BCUT2D eigenvalue weighted by molar-refractivity contribution is 9.09. The van der Waals surface area contributed by atoms with Crippen molar-refractivity contribution in [2.45, 2.75) is 0 Å². The fourth-order valence-corrected chi connectivity index (χ4v) is 1.52. The summed E-state index contributed by atoms with van der Waals surface area (Å²) in [6, 6.07) is 4.29. The number of allylic oxidation sites excluding steroid dienone is 1. The van der Waals surface area contributed by atoms with Crippen molar-refractivity contribution in [3.63, 3.8) is 0 Å². The minimum absolute atomic E-state index is 0.0199. The molecule has 0 fully saturated rings. The summed E-state index contributed by atoms with van der Waals surface area (Å²) in [5.74, 6) is 0. The fraction of sp³-hybridized carbons (Fsp3) is 0.111. The molecule has 0 heterocycles. The highest BCUT2D eigenvalue weighted by atomic mass is 79.9. The maximum absolute atomic E-state index is 10.5. The van der Waals surface area contributed by atoms with Crippen molar-refractivity contribution in [3.8, 4) is 0 Å². The van der Waals surface area contributed by atoms with Gasteiger partial charge in [0.25, 0.3) is 5.69 Å². The molecule has 0 aliphatic rings. The third-order valence-corrected chi connectivity index (χ3v) is 2.71. The first-order valence-electron chi connectivity index (χ1n) is 3.74. The molecule has 14 heavy (non-hydrogen) atoms. The van der Waals surface area contributed by atoms with Gasteiger partial charge in [-0.25, -0.2) is 0 Å². The van der Waals surface area contributed by atoms with Crippen LogP contribution in [0.4, 0.5) is 5.69 Å². The average molecular weight is 277 g/mol. The van der Waals surface area contributed by atoms with E-state index in [1.807, 2.05) is 0 Å². The van der Waals surface area contributed by atoms with E-state index >= 15 is 0 Å². The monoisotopic (exact) mass is 275 g/mol. The number of hydrogen-bond donors (Lipinski definition) is 0. The Morgan fingerprint density at radius 3 is 2.79 bits per heavy atom. The number of nitro groups is 1. The van der Waals surface area contributed by atoms with Crippen molar-refractivity contribution in [2.24, 2.45) is 0 Å². The average Bonchev–Trinajstić information content (AvgIpc) is 2.17. The molecule has 0 saturated carbocycles. The largest absolute Gasteiger partial charge is 0.270 e. The number of non-ortho nitro benzene ring substituents is 1. The highest BCUT2D eigenvalue weighted by Gasteiger charge is 2.10. The fourth-order valence-electron chi connectivity index (χ4n) is 0.970. The molecule has 0 atom stereocenters. The lowest BCUT2D eigenvalue weighted by Crippen LogP contribution is -1.91. The van der Waals surface area contributed by atoms with Crippen LogP contribution in [0.5, 0.6) is 0 Å². The molecule has 0 amide bonds. The first-order valence-corrected chi connectivity index (χ1v) is 5.24. The van der Waals surface area contributed by atoms with Crippen LogP contribution in [0, 0.1) is 10.1 Å². The minimum atomic E-state index is -0.457. The van der Waals surface area contributed by atoms with Crippen LogP contribution in [0.1, 0.15) is 5.56 Å². The Bertz CT molecular complexity index is 392. The Kier molecular flexibility index (Phi) is 3.66. The van der Waals surface area contributed by atoms with Gasteiger partial charge in [0.1, 0.15) is 0 Å². The summed E-state index contributed by atoms with van der Waals surface area (Å²) in [5.41, 5.74) is 1.35. The summed E-state index contributed by atoms with van der Waals surface area (Å²) in [5, 5.41) is 11.5. The van der Waals surface area contributed by atoms with Gasteiger partial charge in [0, 0.05) is 28.0 Å². The topological polar surface area (TPSA) is 43.1 Å². The van der Waals surface area contributed by atoms with E-state index in [1.54, 1.807) is 0 Å². The van der Waals surface area contributed by atoms with Gasteiger partial charge in [-0.2, -0.15) is 0 Å². The van der Waals surface area contributed by atoms with Crippen LogP contribution in [-0.2, 0) is 0 Å². The number of nitrogens with zero attached hydrogens (tertiary/aromatic N) is 1. The molecule has 0 bridgehead atoms. The summed E-state index contributed by atoms with van der Waals surface area (Å²) in [6.45, 7) is 3.75. The van der Waals surface area contributed by atoms with Gasteiger partial charge in [0.15, 0.2) is 0 Å². The van der Waals surface area contributed by atoms with E-state index < -0.39 is 4.92 Å². The third-order valence-electron chi connectivity index (χ3n) is 1.70. The number of alkyl halides is 1. The predicted octanol–water partition coefficient (Wildman–Crippen LogP) is 3.66. The molecule has 0 aliphatic heterocycles. The zero-order chi connectivity index (χ0) is 10.7. The molecule has 5 heteroatoms. The van der Waals surface area contributed by atoms with Crippen molar-refractivity contribution in [1.82, 2.24) is 0 Å². The van der Waals surface area contributed by atoms with Crippen LogP contribution in [0.25, 0.3) is 5.57 Å². The van der Waals surface area contributed by atoms with Crippen molar-refractivity contribution in [3.05, 3.63) is 45.5 Å². The summed E-state index contributed by atoms with van der Waals surface area (Å²) in [6.07, 6.45) is 0. The number of benzene rings is 1. The van der Waals surface area contributed by atoms with Crippen molar-refractivity contribution in [1.29, 1.82) is 0 Å². The van der Waals surface area contributed by atoms with Gasteiger partial charge in [-0.05, 0) is 11.6 Å². The molecule has 0 radical (unpaired) electrons. The highest BCUT2D eigenvalue weighted by Crippen LogP contribution is 2.27. The molecule has 0 aliphatic carbocycles. The van der Waals surface area contributed by atoms with Crippen molar-refractivity contribution in [2.75, 3.05) is 5.33 Å². The summed E-state index contributed by atoms with van der Waals surface area (Å²) < 4.78 is 0. The molecule has 0 aromatic heterocycles. The van der Waals surface area contributed by atoms with E-state index in [1.165, 1.54) is 18.2 Å². The second kappa shape index (κ2) is 4.57. The van der Waals surface area contributed by atoms with Gasteiger partial charge in [0.2, 0.25) is 0 Å². The van der Waals surface area contributed by atoms with Gasteiger partial charge in [0.05, 0.1) is 4.92 Å². The quantitative estimate of drug-likeness (QED) is 0.480. The van der Waals surface area contributed by atoms with Crippen LogP contribution in [0.2, 0.25) is 5.02 Å². The standard InChI is InChI=1S/C9H7BrClNO2/c1-6(5-10)8-4-7(12(13)14)2-3-9(8)11/h2-4H,1,5H2. The van der Waals surface area contributed by atoms with Gasteiger partial charge in [-0.3, -0.25) is 10.1 Å². The SMILES string of the molecule is C=C(CBr)c1cc([N+](=O)[O-])ccc1Cl. The van der Waals surface area contributed by atoms with E-state index in [0.717, 1.165) is 5.57 Å². The molecule has 0 N–H and O–H groups in total. The molecule has 0 spiro atoms. The summed E-state index contributed by atoms with van der Waals surface area (Å²) in [7, 11) is 0. The molecule has 1 aromatic rings. The minimum Gasteiger partial charge on any atom is -0.258 e. The molecular weight excluding hydrogens is 269 g/mol. The smallest absolute Gasteiger partial charge is 0.258 e. The normalized spacial score (nSPS) is 9.86. The van der Waals surface area contributed by atoms with Crippen LogP contribution in [0.15, 0.2) is 24.8 Å². The second-order valence-electron chi connectivity index (χ2n) is 2.66. The zero-order valence-electron chi connectivity index (χ0n) is 7.17. The lowest BCUT2D eigenvalue weighted by molar-refractivity contribution is -0.384. The predicted molar refractivity (Wildman–Crippen MR) is 60.9 cm³/mol. The van der Waals surface area contributed by atoms with Crippen LogP contribution < -0.4 is 0 Å². The summed E-state index contributed by atoms with van der Waals surface area (Å²) >= 11 is 9.09. The van der Waals surface area contributed by atoms with Crippen LogP contribution in [0.3, 0.4) is 0 Å². The van der Waals surface area contributed by atoms with Crippen molar-refractivity contribution < 1.29 is 4.92 Å². The van der Waals surface area contributed by atoms with E-state index in [-0.39, 0.29) is 5.69 Å². The second-order valence-corrected chi connectivity index (χ2v) is 3.63.